The Morgan fingerprint density at radius 3 is 1.63 bits per heavy atom. The molecule has 2 bridgehead atoms. The van der Waals surface area contributed by atoms with Crippen molar-refractivity contribution in [1.82, 2.24) is 0 Å². The van der Waals surface area contributed by atoms with Gasteiger partial charge in [0.15, 0.2) is 0 Å². The van der Waals surface area contributed by atoms with E-state index >= 15 is 0 Å². The van der Waals surface area contributed by atoms with E-state index in [1.807, 2.05) is 0 Å². The van der Waals surface area contributed by atoms with Crippen molar-refractivity contribution in [3.8, 4) is 0 Å². The molecule has 2 fully saturated rings. The van der Waals surface area contributed by atoms with Gasteiger partial charge in [0, 0.05) is 7.11 Å². The van der Waals surface area contributed by atoms with E-state index in [4.69, 9.17) is 13.6 Å². The molecule has 2 saturated carbocycles. The maximum atomic E-state index is 12.8. The second-order valence-corrected chi connectivity index (χ2v) is 11.5. The Kier molecular flexibility index (Phi) is 13.9. The van der Waals surface area contributed by atoms with E-state index in [0.29, 0.717) is 6.61 Å². The third-order valence-electron chi connectivity index (χ3n) is 7.09. The van der Waals surface area contributed by atoms with Crippen molar-refractivity contribution in [2.24, 2.45) is 11.8 Å². The maximum Gasteiger partial charge on any atom is 0.474 e. The number of hydrogen-bond acceptors (Lipinski definition) is 4. The summed E-state index contributed by atoms with van der Waals surface area (Å²) in [6.07, 6.45) is 24.6. The zero-order valence-corrected chi connectivity index (χ0v) is 20.8. The molecule has 0 spiro atoms. The van der Waals surface area contributed by atoms with Gasteiger partial charge in [-0.2, -0.15) is 0 Å². The van der Waals surface area contributed by atoms with Crippen LogP contribution in [-0.2, 0) is 18.1 Å². The first-order valence-corrected chi connectivity index (χ1v) is 14.6. The predicted octanol–water partition coefficient (Wildman–Crippen LogP) is 8.83. The molecule has 3 unspecified atom stereocenters. The van der Waals surface area contributed by atoms with Crippen molar-refractivity contribution in [3.63, 3.8) is 0 Å². The lowest BCUT2D eigenvalue weighted by Crippen LogP contribution is -2.23. The summed E-state index contributed by atoms with van der Waals surface area (Å²) >= 11 is 0. The van der Waals surface area contributed by atoms with Gasteiger partial charge in [-0.05, 0) is 37.5 Å². The molecule has 0 radical (unpaired) electrons. The van der Waals surface area contributed by atoms with E-state index in [1.165, 1.54) is 103 Å². The molecular formula is C25H49O4P. The van der Waals surface area contributed by atoms with Crippen LogP contribution in [0.15, 0.2) is 0 Å². The lowest BCUT2D eigenvalue weighted by Gasteiger charge is -2.29. The molecule has 0 N–H and O–H groups in total. The lowest BCUT2D eigenvalue weighted by molar-refractivity contribution is 0.0550. The van der Waals surface area contributed by atoms with E-state index in [-0.39, 0.29) is 6.10 Å². The van der Waals surface area contributed by atoms with Gasteiger partial charge in [0.05, 0.1) is 12.7 Å². The van der Waals surface area contributed by atoms with Gasteiger partial charge in [-0.25, -0.2) is 4.57 Å². The fourth-order valence-electron chi connectivity index (χ4n) is 5.31. The number of hydrogen-bond donors (Lipinski definition) is 0. The highest BCUT2D eigenvalue weighted by Crippen LogP contribution is 2.54. The van der Waals surface area contributed by atoms with Crippen LogP contribution in [0.5, 0.6) is 0 Å². The molecule has 0 heterocycles. The molecule has 4 nitrogen and oxygen atoms in total. The molecule has 2 aliphatic carbocycles. The molecule has 2 aliphatic rings. The summed E-state index contributed by atoms with van der Waals surface area (Å²) in [5, 5.41) is 0. The standard InChI is InChI=1S/C25H49O4P/c1-3-4-5-6-7-8-9-10-11-12-13-14-15-16-19-28-30(26,27-2)29-25-21-23-17-18-24(20-23)22-25/h23-25H,3-22H2,1-2H3/t23-,24?,25?,30?/m1/s1. The Bertz CT molecular complexity index is 458. The number of fused-ring (bicyclic) bond motifs is 2. The minimum absolute atomic E-state index is 0.0540. The fourth-order valence-corrected chi connectivity index (χ4v) is 6.46. The van der Waals surface area contributed by atoms with Gasteiger partial charge in [-0.3, -0.25) is 13.6 Å². The van der Waals surface area contributed by atoms with Crippen LogP contribution in [-0.4, -0.2) is 19.8 Å². The topological polar surface area (TPSA) is 44.8 Å². The van der Waals surface area contributed by atoms with Crippen LogP contribution >= 0.6 is 7.82 Å². The van der Waals surface area contributed by atoms with Crippen molar-refractivity contribution in [1.29, 1.82) is 0 Å². The fraction of sp³-hybridized carbons (Fsp3) is 1.00. The Labute approximate surface area is 186 Å². The highest BCUT2D eigenvalue weighted by Gasteiger charge is 2.38. The number of rotatable bonds is 19. The van der Waals surface area contributed by atoms with Crippen LogP contribution in [0.1, 0.15) is 129 Å². The van der Waals surface area contributed by atoms with Gasteiger partial charge >= 0.3 is 7.82 Å². The SMILES string of the molecule is CCCCCCCCCCCCCCCCOP(=O)(OC)OC1CC2CC[C@H](C2)C1. The highest BCUT2D eigenvalue weighted by atomic mass is 31.2. The molecule has 178 valence electrons. The zero-order chi connectivity index (χ0) is 21.5. The highest BCUT2D eigenvalue weighted by molar-refractivity contribution is 7.48. The van der Waals surface area contributed by atoms with Gasteiger partial charge in [-0.15, -0.1) is 0 Å². The van der Waals surface area contributed by atoms with E-state index in [0.717, 1.165) is 37.5 Å². The van der Waals surface area contributed by atoms with E-state index < -0.39 is 7.82 Å². The van der Waals surface area contributed by atoms with Crippen LogP contribution in [0, 0.1) is 11.8 Å². The molecular weight excluding hydrogens is 395 g/mol. The normalized spacial score (nSPS) is 25.5. The maximum absolute atomic E-state index is 12.8. The second-order valence-electron chi connectivity index (χ2n) is 9.80. The number of phosphoric ester groups is 1. The summed E-state index contributed by atoms with van der Waals surface area (Å²) in [4.78, 5) is 0. The minimum atomic E-state index is -3.38. The summed E-state index contributed by atoms with van der Waals surface area (Å²) in [7, 11) is -1.93. The summed E-state index contributed by atoms with van der Waals surface area (Å²) in [6, 6.07) is 0. The minimum Gasteiger partial charge on any atom is -0.290 e. The van der Waals surface area contributed by atoms with Crippen LogP contribution in [0.25, 0.3) is 0 Å². The van der Waals surface area contributed by atoms with Crippen LogP contribution < -0.4 is 0 Å². The average molecular weight is 445 g/mol. The van der Waals surface area contributed by atoms with Crippen molar-refractivity contribution < 1.29 is 18.1 Å². The third kappa shape index (κ3) is 11.1. The molecule has 0 amide bonds. The van der Waals surface area contributed by atoms with Crippen molar-refractivity contribution >= 4 is 7.82 Å². The molecule has 4 atom stereocenters. The molecule has 0 aliphatic heterocycles. The predicted molar refractivity (Wildman–Crippen MR) is 126 cm³/mol. The lowest BCUT2D eigenvalue weighted by atomic mass is 9.87. The van der Waals surface area contributed by atoms with Gasteiger partial charge in [-0.1, -0.05) is 103 Å². The molecule has 5 heteroatoms. The first-order chi connectivity index (χ1) is 14.6. The Hall–Kier alpha value is 0.110. The summed E-state index contributed by atoms with van der Waals surface area (Å²) < 4.78 is 29.3. The van der Waals surface area contributed by atoms with Crippen molar-refractivity contribution in [2.45, 2.75) is 135 Å². The second kappa shape index (κ2) is 15.8. The van der Waals surface area contributed by atoms with Gasteiger partial charge in [0.1, 0.15) is 0 Å². The monoisotopic (exact) mass is 444 g/mol. The van der Waals surface area contributed by atoms with E-state index in [2.05, 4.69) is 6.92 Å². The Morgan fingerprint density at radius 1 is 0.700 bits per heavy atom. The molecule has 0 saturated heterocycles. The average Bonchev–Trinajstić information content (AvgIpc) is 3.09. The molecule has 30 heavy (non-hydrogen) atoms. The summed E-state index contributed by atoms with van der Waals surface area (Å²) in [6.45, 7) is 2.75. The molecule has 0 aromatic heterocycles. The summed E-state index contributed by atoms with van der Waals surface area (Å²) in [5.41, 5.74) is 0. The number of unbranched alkanes of at least 4 members (excludes halogenated alkanes) is 13. The largest absolute Gasteiger partial charge is 0.474 e. The zero-order valence-electron chi connectivity index (χ0n) is 20.0. The first kappa shape index (κ1) is 26.4. The van der Waals surface area contributed by atoms with Gasteiger partial charge in [0.2, 0.25) is 0 Å². The number of phosphoric acid groups is 1. The Balaban J connectivity index is 1.39. The van der Waals surface area contributed by atoms with E-state index in [1.54, 1.807) is 0 Å². The quantitative estimate of drug-likeness (QED) is 0.147. The Morgan fingerprint density at radius 2 is 1.17 bits per heavy atom. The smallest absolute Gasteiger partial charge is 0.290 e. The van der Waals surface area contributed by atoms with Gasteiger partial charge < -0.3 is 0 Å². The van der Waals surface area contributed by atoms with E-state index in [9.17, 15) is 4.57 Å². The summed E-state index contributed by atoms with van der Waals surface area (Å²) in [5.74, 6) is 1.51. The molecule has 0 aromatic rings. The molecule has 2 rings (SSSR count). The van der Waals surface area contributed by atoms with Gasteiger partial charge in [0.25, 0.3) is 0 Å². The van der Waals surface area contributed by atoms with Crippen molar-refractivity contribution in [2.75, 3.05) is 13.7 Å². The third-order valence-corrected chi connectivity index (χ3v) is 8.59. The molecule has 0 aromatic carbocycles. The van der Waals surface area contributed by atoms with Crippen molar-refractivity contribution in [3.05, 3.63) is 0 Å². The van der Waals surface area contributed by atoms with Crippen LogP contribution in [0.3, 0.4) is 0 Å². The van der Waals surface area contributed by atoms with Crippen LogP contribution in [0.4, 0.5) is 0 Å². The van der Waals surface area contributed by atoms with Crippen LogP contribution in [0.2, 0.25) is 0 Å². The first-order valence-electron chi connectivity index (χ1n) is 13.1.